The minimum atomic E-state index is 0.146. The quantitative estimate of drug-likeness (QED) is 0.392. The van der Waals surface area contributed by atoms with Crippen molar-refractivity contribution in [1.82, 2.24) is 15.2 Å². The molecule has 184 valence electrons. The van der Waals surface area contributed by atoms with Gasteiger partial charge in [0, 0.05) is 48.4 Å². The molecule has 0 saturated carbocycles. The lowest BCUT2D eigenvalue weighted by atomic mass is 9.76. The van der Waals surface area contributed by atoms with Crippen molar-refractivity contribution < 1.29 is 9.53 Å². The molecule has 0 aliphatic heterocycles. The molecule has 34 heavy (non-hydrogen) atoms. The molecular formula is C28H40N4O2. The van der Waals surface area contributed by atoms with Crippen LogP contribution in [0.5, 0.6) is 0 Å². The van der Waals surface area contributed by atoms with Gasteiger partial charge in [0.25, 0.3) is 0 Å². The first kappa shape index (κ1) is 24.5. The van der Waals surface area contributed by atoms with E-state index in [0.29, 0.717) is 17.8 Å². The van der Waals surface area contributed by atoms with Gasteiger partial charge in [0.05, 0.1) is 11.8 Å². The number of aromatic nitrogens is 3. The Balaban J connectivity index is 1.46. The molecule has 2 aromatic heterocycles. The molecule has 2 unspecified atom stereocenters. The minimum absolute atomic E-state index is 0.146. The highest BCUT2D eigenvalue weighted by Crippen LogP contribution is 2.38. The molecular weight excluding hydrogens is 424 g/mol. The van der Waals surface area contributed by atoms with Gasteiger partial charge in [-0.1, -0.05) is 33.8 Å². The maximum absolute atomic E-state index is 12.9. The van der Waals surface area contributed by atoms with Gasteiger partial charge in [0.1, 0.15) is 5.69 Å². The smallest absolute Gasteiger partial charge is 0.226 e. The van der Waals surface area contributed by atoms with E-state index in [0.717, 1.165) is 60.1 Å². The molecule has 0 bridgehead atoms. The van der Waals surface area contributed by atoms with Crippen LogP contribution < -0.4 is 4.90 Å². The molecule has 0 fully saturated rings. The number of fused-ring (bicyclic) bond motifs is 2. The number of benzene rings is 1. The zero-order valence-corrected chi connectivity index (χ0v) is 21.6. The second-order valence-corrected chi connectivity index (χ2v) is 10.9. The minimum Gasteiger partial charge on any atom is -0.381 e. The summed E-state index contributed by atoms with van der Waals surface area (Å²) in [6.07, 6.45) is 7.09. The van der Waals surface area contributed by atoms with Crippen LogP contribution in [0.3, 0.4) is 0 Å². The van der Waals surface area contributed by atoms with Gasteiger partial charge in [-0.3, -0.25) is 9.89 Å². The molecule has 0 radical (unpaired) electrons. The van der Waals surface area contributed by atoms with Gasteiger partial charge >= 0.3 is 0 Å². The third-order valence-electron chi connectivity index (χ3n) is 7.58. The van der Waals surface area contributed by atoms with E-state index < -0.39 is 0 Å². The summed E-state index contributed by atoms with van der Waals surface area (Å²) in [5.74, 6) is 0.476. The molecule has 2 heterocycles. The summed E-state index contributed by atoms with van der Waals surface area (Å²) in [6, 6.07) is 8.36. The van der Waals surface area contributed by atoms with Crippen molar-refractivity contribution >= 4 is 22.5 Å². The van der Waals surface area contributed by atoms with E-state index in [9.17, 15) is 4.79 Å². The Morgan fingerprint density at radius 2 is 2.06 bits per heavy atom. The number of nitrogens with zero attached hydrogens (tertiary/aromatic N) is 2. The number of H-pyrrole nitrogens is 2. The summed E-state index contributed by atoms with van der Waals surface area (Å²) in [4.78, 5) is 18.3. The molecule has 2 atom stereocenters. The van der Waals surface area contributed by atoms with E-state index in [4.69, 9.17) is 4.74 Å². The van der Waals surface area contributed by atoms with Crippen LogP contribution in [0.4, 0.5) is 5.69 Å². The maximum Gasteiger partial charge on any atom is 0.226 e. The first-order valence-corrected chi connectivity index (χ1v) is 12.7. The van der Waals surface area contributed by atoms with Crippen LogP contribution in [0.25, 0.3) is 22.3 Å². The lowest BCUT2D eigenvalue weighted by molar-refractivity contribution is -0.119. The Hall–Kier alpha value is -2.60. The zero-order valence-electron chi connectivity index (χ0n) is 21.6. The molecule has 3 aromatic rings. The molecule has 6 heteroatoms. The molecule has 1 amide bonds. The number of amides is 1. The van der Waals surface area contributed by atoms with Crippen LogP contribution in [-0.2, 0) is 22.4 Å². The van der Waals surface area contributed by atoms with Crippen LogP contribution in [0.2, 0.25) is 0 Å². The van der Waals surface area contributed by atoms with Crippen LogP contribution >= 0.6 is 0 Å². The van der Waals surface area contributed by atoms with Gasteiger partial charge in [0.2, 0.25) is 5.91 Å². The summed E-state index contributed by atoms with van der Waals surface area (Å²) in [7, 11) is 3.64. The van der Waals surface area contributed by atoms with E-state index in [1.54, 1.807) is 12.0 Å². The maximum atomic E-state index is 12.9. The first-order chi connectivity index (χ1) is 16.2. The molecule has 6 nitrogen and oxygen atoms in total. The molecule has 1 aliphatic rings. The Kier molecular flexibility index (Phi) is 7.17. The third-order valence-corrected chi connectivity index (χ3v) is 7.58. The number of hydrogen-bond donors (Lipinski definition) is 2. The van der Waals surface area contributed by atoms with Gasteiger partial charge in [-0.25, -0.2) is 0 Å². The summed E-state index contributed by atoms with van der Waals surface area (Å²) in [5, 5.41) is 9.07. The topological polar surface area (TPSA) is 74.0 Å². The molecule has 0 spiro atoms. The van der Waals surface area contributed by atoms with Crippen molar-refractivity contribution in [2.75, 3.05) is 19.1 Å². The number of methoxy groups -OCH3 is 1. The van der Waals surface area contributed by atoms with E-state index in [2.05, 4.69) is 61.1 Å². The van der Waals surface area contributed by atoms with Gasteiger partial charge in [0.15, 0.2) is 0 Å². The fraction of sp³-hybridized carbons (Fsp3) is 0.571. The number of nitrogens with one attached hydrogen (secondary N) is 2. The van der Waals surface area contributed by atoms with E-state index >= 15 is 0 Å². The number of ether oxygens (including phenoxy) is 1. The summed E-state index contributed by atoms with van der Waals surface area (Å²) in [6.45, 7) is 8.93. The summed E-state index contributed by atoms with van der Waals surface area (Å²) >= 11 is 0. The van der Waals surface area contributed by atoms with E-state index in [1.807, 2.05) is 13.1 Å². The fourth-order valence-electron chi connectivity index (χ4n) is 5.16. The van der Waals surface area contributed by atoms with Crippen molar-refractivity contribution in [3.63, 3.8) is 0 Å². The number of rotatable bonds is 9. The van der Waals surface area contributed by atoms with Gasteiger partial charge in [-0.05, 0) is 68.1 Å². The second kappa shape index (κ2) is 9.95. The first-order valence-electron chi connectivity index (χ1n) is 12.7. The van der Waals surface area contributed by atoms with Crippen molar-refractivity contribution in [1.29, 1.82) is 0 Å². The lowest BCUT2D eigenvalue weighted by Crippen LogP contribution is -2.27. The number of carbonyl (C=O) groups is 1. The third kappa shape index (κ3) is 5.22. The average molecular weight is 465 g/mol. The predicted molar refractivity (Wildman–Crippen MR) is 139 cm³/mol. The zero-order chi connectivity index (χ0) is 24.5. The normalized spacial score (nSPS) is 16.9. The highest BCUT2D eigenvalue weighted by atomic mass is 16.5. The molecule has 1 aliphatic carbocycles. The van der Waals surface area contributed by atoms with E-state index in [1.165, 1.54) is 17.7 Å². The monoisotopic (exact) mass is 464 g/mol. The Morgan fingerprint density at radius 1 is 1.26 bits per heavy atom. The molecule has 2 N–H and O–H groups in total. The van der Waals surface area contributed by atoms with Gasteiger partial charge in [-0.15, -0.1) is 0 Å². The van der Waals surface area contributed by atoms with Crippen LogP contribution in [0.1, 0.15) is 71.1 Å². The number of hydrogen-bond acceptors (Lipinski definition) is 3. The van der Waals surface area contributed by atoms with Crippen molar-refractivity contribution in [2.45, 2.75) is 78.7 Å². The number of anilines is 1. The highest BCUT2D eigenvalue weighted by Gasteiger charge is 2.29. The number of aromatic amines is 2. The van der Waals surface area contributed by atoms with Crippen LogP contribution in [0, 0.1) is 11.3 Å². The molecule has 0 saturated heterocycles. The van der Waals surface area contributed by atoms with Crippen molar-refractivity contribution in [3.8, 4) is 11.4 Å². The molecule has 4 rings (SSSR count). The Morgan fingerprint density at radius 3 is 2.79 bits per heavy atom. The summed E-state index contributed by atoms with van der Waals surface area (Å²) < 4.78 is 5.48. The summed E-state index contributed by atoms with van der Waals surface area (Å²) in [5.41, 5.74) is 6.93. The molecule has 1 aromatic carbocycles. The van der Waals surface area contributed by atoms with E-state index in [-0.39, 0.29) is 12.0 Å². The largest absolute Gasteiger partial charge is 0.381 e. The standard InChI is InChI=1S/C28H40N4O2/c1-7-21(34-6)11-8-18(2)14-26(33)32(5)20-10-9-19-15-24(29-23(19)16-20)27-22-12-13-28(3,4)17-25(22)30-31-27/h9-10,15-16,18,21,29H,7-8,11-14,17H2,1-6H3,(H,30,31). The average Bonchev–Trinajstić information content (AvgIpc) is 3.41. The number of carbonyl (C=O) groups excluding carboxylic acids is 1. The lowest BCUT2D eigenvalue weighted by Gasteiger charge is -2.28. The van der Waals surface area contributed by atoms with Crippen LogP contribution in [-0.4, -0.2) is 41.3 Å². The SMILES string of the molecule is CCC(CCC(C)CC(=O)N(C)c1ccc2cc(-c3n[nH]c4c3CCC(C)(C)C4)[nH]c2c1)OC. The Bertz CT molecular complexity index is 1140. The van der Waals surface area contributed by atoms with Gasteiger partial charge in [-0.2, -0.15) is 5.10 Å². The Labute approximate surface area is 203 Å². The van der Waals surface area contributed by atoms with Gasteiger partial charge < -0.3 is 14.6 Å². The highest BCUT2D eigenvalue weighted by molar-refractivity contribution is 5.96. The predicted octanol–water partition coefficient (Wildman–Crippen LogP) is 6.27. The van der Waals surface area contributed by atoms with Crippen LogP contribution in [0.15, 0.2) is 24.3 Å². The fourth-order valence-corrected chi connectivity index (χ4v) is 5.16. The van der Waals surface area contributed by atoms with Crippen molar-refractivity contribution in [2.24, 2.45) is 11.3 Å². The van der Waals surface area contributed by atoms with Crippen molar-refractivity contribution in [3.05, 3.63) is 35.5 Å². The second-order valence-electron chi connectivity index (χ2n) is 10.9.